The molecule has 4 heterocycles. The first-order valence-corrected chi connectivity index (χ1v) is 13.8. The molecule has 2 fully saturated rings. The number of benzene rings is 1. The Kier molecular flexibility index (Phi) is 7.35. The standard InChI is InChI=1S/C29H34FN7O3/c1-18-23(16-32-35(18)2)27-26(30)22(9-10-31-27)28(39)34-29-33-24-15-19(17-36-11-13-40-14-12-36)3-8-25(24)37(29)20-4-6-21(38)7-5-20/h3,8-10,15-16,20-21,38H,4-7,11-14,17H2,1-2H3,(H,33,34,39). The van der Waals surface area contributed by atoms with Gasteiger partial charge in [0.1, 0.15) is 5.69 Å². The number of hydrogen-bond acceptors (Lipinski definition) is 7. The lowest BCUT2D eigenvalue weighted by molar-refractivity contribution is 0.0342. The molecule has 1 aliphatic carbocycles. The van der Waals surface area contributed by atoms with E-state index < -0.39 is 11.7 Å². The van der Waals surface area contributed by atoms with Crippen molar-refractivity contribution in [1.82, 2.24) is 29.2 Å². The van der Waals surface area contributed by atoms with Gasteiger partial charge in [-0.05, 0) is 56.4 Å². The minimum absolute atomic E-state index is 0.0599. The second kappa shape index (κ2) is 11.1. The van der Waals surface area contributed by atoms with Crippen LogP contribution >= 0.6 is 0 Å². The van der Waals surface area contributed by atoms with E-state index in [4.69, 9.17) is 9.72 Å². The Morgan fingerprint density at radius 1 is 1.18 bits per heavy atom. The molecule has 1 amide bonds. The summed E-state index contributed by atoms with van der Waals surface area (Å²) in [5.74, 6) is -0.920. The molecule has 1 aromatic carbocycles. The fourth-order valence-corrected chi connectivity index (χ4v) is 5.74. The van der Waals surface area contributed by atoms with Gasteiger partial charge in [0.05, 0.1) is 42.1 Å². The molecular weight excluding hydrogens is 513 g/mol. The van der Waals surface area contributed by atoms with E-state index in [1.165, 1.54) is 12.3 Å². The van der Waals surface area contributed by atoms with Crippen molar-refractivity contribution >= 4 is 22.9 Å². The van der Waals surface area contributed by atoms with E-state index in [2.05, 4.69) is 38.5 Å². The normalized spacial score (nSPS) is 20.2. The number of fused-ring (bicyclic) bond motifs is 1. The van der Waals surface area contributed by atoms with E-state index in [-0.39, 0.29) is 23.4 Å². The highest BCUT2D eigenvalue weighted by Crippen LogP contribution is 2.35. The quantitative estimate of drug-likeness (QED) is 0.377. The fourth-order valence-electron chi connectivity index (χ4n) is 5.74. The van der Waals surface area contributed by atoms with Crippen LogP contribution in [0.15, 0.2) is 36.7 Å². The van der Waals surface area contributed by atoms with Gasteiger partial charge in [-0.15, -0.1) is 0 Å². The van der Waals surface area contributed by atoms with Crippen LogP contribution in [-0.2, 0) is 18.3 Å². The number of pyridine rings is 1. The number of anilines is 1. The number of aromatic nitrogens is 5. The van der Waals surface area contributed by atoms with Crippen LogP contribution in [0.1, 0.15) is 53.3 Å². The summed E-state index contributed by atoms with van der Waals surface area (Å²) in [6.07, 6.45) is 5.55. The van der Waals surface area contributed by atoms with Gasteiger partial charge < -0.3 is 14.4 Å². The van der Waals surface area contributed by atoms with Crippen molar-refractivity contribution < 1.29 is 19.0 Å². The number of carbonyl (C=O) groups is 1. The van der Waals surface area contributed by atoms with Gasteiger partial charge >= 0.3 is 0 Å². The number of aliphatic hydroxyl groups excluding tert-OH is 1. The smallest absolute Gasteiger partial charge is 0.261 e. The van der Waals surface area contributed by atoms with Crippen LogP contribution in [0.4, 0.5) is 10.3 Å². The Morgan fingerprint density at radius 3 is 2.67 bits per heavy atom. The molecule has 0 unspecified atom stereocenters. The van der Waals surface area contributed by atoms with Gasteiger partial charge in [-0.25, -0.2) is 9.37 Å². The highest BCUT2D eigenvalue weighted by atomic mass is 19.1. The Morgan fingerprint density at radius 2 is 1.95 bits per heavy atom. The van der Waals surface area contributed by atoms with Crippen LogP contribution in [0.5, 0.6) is 0 Å². The summed E-state index contributed by atoms with van der Waals surface area (Å²) in [5.41, 5.74) is 4.07. The molecule has 10 nitrogen and oxygen atoms in total. The maximum atomic E-state index is 15.7. The number of aliphatic hydroxyl groups is 1. The molecule has 1 aliphatic heterocycles. The number of ether oxygens (including phenoxy) is 1. The summed E-state index contributed by atoms with van der Waals surface area (Å²) in [5, 5.41) is 17.2. The van der Waals surface area contributed by atoms with Crippen LogP contribution in [0.2, 0.25) is 0 Å². The summed E-state index contributed by atoms with van der Waals surface area (Å²) in [6.45, 7) is 5.85. The van der Waals surface area contributed by atoms with E-state index in [0.29, 0.717) is 24.4 Å². The van der Waals surface area contributed by atoms with E-state index in [1.807, 2.05) is 11.5 Å². The van der Waals surface area contributed by atoms with E-state index >= 15 is 4.39 Å². The number of rotatable bonds is 6. The van der Waals surface area contributed by atoms with Crippen molar-refractivity contribution in [2.24, 2.45) is 7.05 Å². The Labute approximate surface area is 231 Å². The minimum atomic E-state index is -0.702. The first kappa shape index (κ1) is 26.5. The zero-order chi connectivity index (χ0) is 27.8. The number of carbonyl (C=O) groups excluding carboxylic acids is 1. The lowest BCUT2D eigenvalue weighted by atomic mass is 9.93. The first-order chi connectivity index (χ1) is 19.4. The fraction of sp³-hybridized carbons (Fsp3) is 0.448. The summed E-state index contributed by atoms with van der Waals surface area (Å²) in [7, 11) is 1.77. The highest BCUT2D eigenvalue weighted by molar-refractivity contribution is 6.05. The van der Waals surface area contributed by atoms with E-state index in [1.54, 1.807) is 17.9 Å². The molecule has 11 heteroatoms. The number of halogens is 1. The number of aryl methyl sites for hydroxylation is 1. The van der Waals surface area contributed by atoms with Crippen LogP contribution < -0.4 is 5.32 Å². The van der Waals surface area contributed by atoms with Crippen molar-refractivity contribution in [1.29, 1.82) is 0 Å². The Bertz CT molecular complexity index is 1530. The van der Waals surface area contributed by atoms with Gasteiger partial charge in [0.2, 0.25) is 5.95 Å². The number of hydrogen-bond donors (Lipinski definition) is 2. The van der Waals surface area contributed by atoms with Crippen molar-refractivity contribution in [3.05, 3.63) is 59.3 Å². The van der Waals surface area contributed by atoms with E-state index in [0.717, 1.165) is 68.0 Å². The summed E-state index contributed by atoms with van der Waals surface area (Å²) in [4.78, 5) is 24.9. The van der Waals surface area contributed by atoms with Crippen molar-refractivity contribution in [3.8, 4) is 11.3 Å². The van der Waals surface area contributed by atoms with Crippen molar-refractivity contribution in [3.63, 3.8) is 0 Å². The predicted molar refractivity (Wildman–Crippen MR) is 148 cm³/mol. The zero-order valence-corrected chi connectivity index (χ0v) is 22.8. The van der Waals surface area contributed by atoms with Gasteiger partial charge in [-0.2, -0.15) is 5.10 Å². The molecule has 2 N–H and O–H groups in total. The maximum Gasteiger partial charge on any atom is 0.261 e. The highest BCUT2D eigenvalue weighted by Gasteiger charge is 2.27. The predicted octanol–water partition coefficient (Wildman–Crippen LogP) is 3.84. The van der Waals surface area contributed by atoms with Crippen LogP contribution in [0.3, 0.4) is 0 Å². The molecule has 0 spiro atoms. The average molecular weight is 548 g/mol. The lowest BCUT2D eigenvalue weighted by Crippen LogP contribution is -2.35. The molecule has 2 aliphatic rings. The third-order valence-corrected chi connectivity index (χ3v) is 8.14. The summed E-state index contributed by atoms with van der Waals surface area (Å²) in [6, 6.07) is 7.65. The van der Waals surface area contributed by atoms with E-state index in [9.17, 15) is 9.90 Å². The summed E-state index contributed by atoms with van der Waals surface area (Å²) >= 11 is 0. The molecule has 0 radical (unpaired) electrons. The minimum Gasteiger partial charge on any atom is -0.393 e. The number of nitrogens with zero attached hydrogens (tertiary/aromatic N) is 6. The number of morpholine rings is 1. The molecule has 1 saturated heterocycles. The van der Waals surface area contributed by atoms with Crippen LogP contribution in [0.25, 0.3) is 22.3 Å². The molecule has 0 bridgehead atoms. The number of amides is 1. The van der Waals surface area contributed by atoms with Crippen molar-refractivity contribution in [2.45, 2.75) is 51.3 Å². The van der Waals surface area contributed by atoms with Crippen LogP contribution in [-0.4, -0.2) is 72.6 Å². The van der Waals surface area contributed by atoms with Gasteiger partial charge in [0.25, 0.3) is 5.91 Å². The third kappa shape index (κ3) is 5.12. The van der Waals surface area contributed by atoms with Gasteiger partial charge in [-0.3, -0.25) is 24.7 Å². The first-order valence-electron chi connectivity index (χ1n) is 13.8. The SMILES string of the molecule is Cc1c(-c2nccc(C(=O)Nc3nc4cc(CN5CCOCC5)ccc4n3C3CCC(O)CC3)c2F)cnn1C. The van der Waals surface area contributed by atoms with Crippen LogP contribution in [0, 0.1) is 12.7 Å². The molecule has 1 saturated carbocycles. The van der Waals surface area contributed by atoms with Gasteiger partial charge in [-0.1, -0.05) is 6.07 Å². The van der Waals surface area contributed by atoms with Gasteiger partial charge in [0.15, 0.2) is 5.82 Å². The largest absolute Gasteiger partial charge is 0.393 e. The summed E-state index contributed by atoms with van der Waals surface area (Å²) < 4.78 is 24.8. The molecule has 3 aromatic heterocycles. The maximum absolute atomic E-state index is 15.7. The Hall–Kier alpha value is -3.67. The second-order valence-electron chi connectivity index (χ2n) is 10.7. The molecule has 4 aromatic rings. The topological polar surface area (TPSA) is 110 Å². The second-order valence-corrected chi connectivity index (χ2v) is 10.7. The van der Waals surface area contributed by atoms with Gasteiger partial charge in [0, 0.05) is 50.2 Å². The molecule has 210 valence electrons. The average Bonchev–Trinajstić information content (AvgIpc) is 3.48. The lowest BCUT2D eigenvalue weighted by Gasteiger charge is -2.28. The molecule has 0 atom stereocenters. The zero-order valence-electron chi connectivity index (χ0n) is 22.8. The third-order valence-electron chi connectivity index (χ3n) is 8.14. The number of imidazole rings is 1. The molecule has 40 heavy (non-hydrogen) atoms. The Balaban J connectivity index is 1.34. The molecule has 6 rings (SSSR count). The number of nitrogens with one attached hydrogen (secondary N) is 1. The van der Waals surface area contributed by atoms with Crippen molar-refractivity contribution in [2.75, 3.05) is 31.6 Å². The monoisotopic (exact) mass is 547 g/mol. The molecular formula is C29H34FN7O3.